The van der Waals surface area contributed by atoms with E-state index in [2.05, 4.69) is 10.3 Å². The fraction of sp³-hybridized carbons (Fsp3) is 0.333. The van der Waals surface area contributed by atoms with Crippen LogP contribution in [0.1, 0.15) is 39.1 Å². The zero-order chi connectivity index (χ0) is 16.2. The van der Waals surface area contributed by atoms with E-state index in [1.54, 1.807) is 42.7 Å². The van der Waals surface area contributed by atoms with E-state index in [-0.39, 0.29) is 24.1 Å². The van der Waals surface area contributed by atoms with Gasteiger partial charge in [-0.05, 0) is 38.1 Å². The van der Waals surface area contributed by atoms with Gasteiger partial charge in [-0.25, -0.2) is 0 Å². The van der Waals surface area contributed by atoms with Gasteiger partial charge >= 0.3 is 0 Å². The minimum atomic E-state index is -0.0416. The number of likely N-dealkylation sites (tertiary alicyclic amines) is 1. The molecule has 0 atom stereocenters. The first-order chi connectivity index (χ1) is 11.2. The molecule has 2 aromatic rings. The van der Waals surface area contributed by atoms with Gasteiger partial charge in [0.15, 0.2) is 5.78 Å². The third kappa shape index (κ3) is 3.86. The number of carbonyl (C=O) groups is 2. The van der Waals surface area contributed by atoms with Gasteiger partial charge in [-0.15, -0.1) is 12.4 Å². The number of aromatic nitrogens is 1. The molecule has 1 saturated heterocycles. The summed E-state index contributed by atoms with van der Waals surface area (Å²) in [6.07, 6.45) is 5.35. The molecule has 1 aliphatic rings. The summed E-state index contributed by atoms with van der Waals surface area (Å²) >= 11 is 0. The number of halogens is 1. The van der Waals surface area contributed by atoms with Crippen molar-refractivity contribution in [3.63, 3.8) is 0 Å². The van der Waals surface area contributed by atoms with Crippen LogP contribution in [0.2, 0.25) is 0 Å². The number of H-pyrrole nitrogens is 1. The second kappa shape index (κ2) is 8.13. The van der Waals surface area contributed by atoms with Crippen LogP contribution in [0.25, 0.3) is 0 Å². The van der Waals surface area contributed by atoms with Crippen LogP contribution in [0.4, 0.5) is 0 Å². The second-order valence-corrected chi connectivity index (χ2v) is 5.86. The monoisotopic (exact) mass is 347 g/mol. The van der Waals surface area contributed by atoms with E-state index < -0.39 is 0 Å². The number of piperidine rings is 1. The highest BCUT2D eigenvalue weighted by Gasteiger charge is 2.22. The standard InChI is InChI=1S/C18H21N3O2.ClH/c1-19-16-7-10-21(11-8-16)18(23)14-4-2-13(3-5-14)17(22)15-6-9-20-12-15;/h2-6,9,12,16,19-20H,7-8,10-11H2,1H3;1H. The van der Waals surface area contributed by atoms with Gasteiger partial charge in [-0.3, -0.25) is 9.59 Å². The fourth-order valence-electron chi connectivity index (χ4n) is 2.95. The van der Waals surface area contributed by atoms with Crippen molar-refractivity contribution in [1.29, 1.82) is 0 Å². The Labute approximate surface area is 147 Å². The molecule has 3 rings (SSSR count). The van der Waals surface area contributed by atoms with Crippen LogP contribution in [0.5, 0.6) is 0 Å². The number of hydrogen-bond acceptors (Lipinski definition) is 3. The van der Waals surface area contributed by atoms with Crippen molar-refractivity contribution in [2.75, 3.05) is 20.1 Å². The van der Waals surface area contributed by atoms with Crippen LogP contribution in [0.3, 0.4) is 0 Å². The molecule has 5 nitrogen and oxygen atoms in total. The number of aromatic amines is 1. The third-order valence-corrected chi connectivity index (χ3v) is 4.44. The average molecular weight is 348 g/mol. The van der Waals surface area contributed by atoms with Crippen LogP contribution in [-0.2, 0) is 0 Å². The molecule has 0 unspecified atom stereocenters. The third-order valence-electron chi connectivity index (χ3n) is 4.44. The van der Waals surface area contributed by atoms with E-state index in [1.165, 1.54) is 0 Å². The minimum Gasteiger partial charge on any atom is -0.367 e. The van der Waals surface area contributed by atoms with E-state index >= 15 is 0 Å². The summed E-state index contributed by atoms with van der Waals surface area (Å²) in [7, 11) is 1.96. The van der Waals surface area contributed by atoms with Crippen molar-refractivity contribution >= 4 is 24.1 Å². The van der Waals surface area contributed by atoms with Gasteiger partial charge in [0, 0.05) is 48.2 Å². The molecule has 1 fully saturated rings. The summed E-state index contributed by atoms with van der Waals surface area (Å²) in [5.74, 6) is 0.000259. The number of ketones is 1. The van der Waals surface area contributed by atoms with Crippen LogP contribution in [0, 0.1) is 0 Å². The summed E-state index contributed by atoms with van der Waals surface area (Å²) in [4.78, 5) is 29.5. The molecule has 1 aromatic carbocycles. The molecule has 1 aromatic heterocycles. The van der Waals surface area contributed by atoms with Crippen molar-refractivity contribution in [2.24, 2.45) is 0 Å². The Hall–Kier alpha value is -2.11. The lowest BCUT2D eigenvalue weighted by Gasteiger charge is -2.31. The Morgan fingerprint density at radius 2 is 1.67 bits per heavy atom. The molecular formula is C18H22ClN3O2. The normalized spacial score (nSPS) is 15.0. The fourth-order valence-corrected chi connectivity index (χ4v) is 2.95. The number of rotatable bonds is 4. The summed E-state index contributed by atoms with van der Waals surface area (Å²) < 4.78 is 0. The van der Waals surface area contributed by atoms with Crippen LogP contribution in [-0.4, -0.2) is 47.8 Å². The predicted molar refractivity (Wildman–Crippen MR) is 95.9 cm³/mol. The maximum Gasteiger partial charge on any atom is 0.253 e. The van der Waals surface area contributed by atoms with Gasteiger partial charge < -0.3 is 15.2 Å². The maximum atomic E-state index is 12.5. The molecule has 1 amide bonds. The lowest BCUT2D eigenvalue weighted by molar-refractivity contribution is 0.0707. The lowest BCUT2D eigenvalue weighted by Crippen LogP contribution is -2.43. The number of carbonyl (C=O) groups excluding carboxylic acids is 2. The van der Waals surface area contributed by atoms with E-state index in [4.69, 9.17) is 0 Å². The first-order valence-electron chi connectivity index (χ1n) is 7.93. The van der Waals surface area contributed by atoms with Gasteiger partial charge in [0.2, 0.25) is 0 Å². The Morgan fingerprint density at radius 1 is 1.04 bits per heavy atom. The molecule has 0 saturated carbocycles. The smallest absolute Gasteiger partial charge is 0.253 e. The number of hydrogen-bond donors (Lipinski definition) is 2. The van der Waals surface area contributed by atoms with Crippen LogP contribution in [0.15, 0.2) is 42.7 Å². The highest BCUT2D eigenvalue weighted by atomic mass is 35.5. The summed E-state index contributed by atoms with van der Waals surface area (Å²) in [6, 6.07) is 9.18. The molecule has 1 aliphatic heterocycles. The largest absolute Gasteiger partial charge is 0.367 e. The number of nitrogens with zero attached hydrogens (tertiary/aromatic N) is 1. The van der Waals surface area contributed by atoms with Crippen molar-refractivity contribution in [3.8, 4) is 0 Å². The topological polar surface area (TPSA) is 65.2 Å². The van der Waals surface area contributed by atoms with Gasteiger partial charge in [0.05, 0.1) is 0 Å². The molecule has 0 radical (unpaired) electrons. The molecule has 0 aliphatic carbocycles. The Balaban J connectivity index is 0.00000208. The molecule has 24 heavy (non-hydrogen) atoms. The van der Waals surface area contributed by atoms with Gasteiger partial charge in [0.25, 0.3) is 5.91 Å². The Morgan fingerprint density at radius 3 is 2.21 bits per heavy atom. The zero-order valence-corrected chi connectivity index (χ0v) is 14.4. The Kier molecular flexibility index (Phi) is 6.17. The minimum absolute atomic E-state index is 0. The first-order valence-corrected chi connectivity index (χ1v) is 7.93. The summed E-state index contributed by atoms with van der Waals surface area (Å²) in [6.45, 7) is 1.54. The first kappa shape index (κ1) is 18.2. The SMILES string of the molecule is CNC1CCN(C(=O)c2ccc(C(=O)c3cc[nH]c3)cc2)CC1.Cl. The molecular weight excluding hydrogens is 326 g/mol. The summed E-state index contributed by atoms with van der Waals surface area (Å²) in [5, 5.41) is 3.26. The highest BCUT2D eigenvalue weighted by molar-refractivity contribution is 6.09. The van der Waals surface area contributed by atoms with Crippen molar-refractivity contribution in [3.05, 3.63) is 59.4 Å². The lowest BCUT2D eigenvalue weighted by atomic mass is 10.0. The number of nitrogens with one attached hydrogen (secondary N) is 2. The average Bonchev–Trinajstić information content (AvgIpc) is 3.15. The Bertz CT molecular complexity index is 675. The van der Waals surface area contributed by atoms with Crippen LogP contribution < -0.4 is 5.32 Å². The van der Waals surface area contributed by atoms with Crippen molar-refractivity contribution < 1.29 is 9.59 Å². The van der Waals surface area contributed by atoms with Crippen molar-refractivity contribution in [1.82, 2.24) is 15.2 Å². The quantitative estimate of drug-likeness (QED) is 0.835. The molecule has 0 spiro atoms. The van der Waals surface area contributed by atoms with Gasteiger partial charge in [-0.2, -0.15) is 0 Å². The second-order valence-electron chi connectivity index (χ2n) is 5.86. The van der Waals surface area contributed by atoms with Crippen molar-refractivity contribution in [2.45, 2.75) is 18.9 Å². The highest BCUT2D eigenvalue weighted by Crippen LogP contribution is 2.16. The molecule has 6 heteroatoms. The summed E-state index contributed by atoms with van der Waals surface area (Å²) in [5.41, 5.74) is 1.85. The van der Waals surface area contributed by atoms with Crippen LogP contribution >= 0.6 is 12.4 Å². The molecule has 2 heterocycles. The molecule has 2 N–H and O–H groups in total. The van der Waals surface area contributed by atoms with Gasteiger partial charge in [-0.1, -0.05) is 12.1 Å². The molecule has 128 valence electrons. The number of benzene rings is 1. The van der Waals surface area contributed by atoms with Gasteiger partial charge in [0.1, 0.15) is 0 Å². The number of amides is 1. The van der Waals surface area contributed by atoms with E-state index in [0.717, 1.165) is 25.9 Å². The zero-order valence-electron chi connectivity index (χ0n) is 13.6. The maximum absolute atomic E-state index is 12.5. The molecule has 0 bridgehead atoms. The van der Waals surface area contributed by atoms with E-state index in [1.807, 2.05) is 11.9 Å². The predicted octanol–water partition coefficient (Wildman–Crippen LogP) is 2.49. The van der Waals surface area contributed by atoms with E-state index in [9.17, 15) is 9.59 Å². The van der Waals surface area contributed by atoms with E-state index in [0.29, 0.717) is 22.7 Å².